The molecule has 0 spiro atoms. The van der Waals surface area contributed by atoms with Gasteiger partial charge < -0.3 is 15.0 Å². The molecule has 1 aromatic heterocycles. The van der Waals surface area contributed by atoms with Gasteiger partial charge >= 0.3 is 0 Å². The van der Waals surface area contributed by atoms with E-state index in [-0.39, 0.29) is 5.56 Å². The zero-order valence-electron chi connectivity index (χ0n) is 10.1. The third-order valence-electron chi connectivity index (χ3n) is 2.78. The highest BCUT2D eigenvalue weighted by Crippen LogP contribution is 2.18. The maximum atomic E-state index is 11.8. The molecule has 90 valence electrons. The second-order valence-electron chi connectivity index (χ2n) is 3.98. The highest BCUT2D eigenvalue weighted by atomic mass is 16.5. The van der Waals surface area contributed by atoms with Crippen molar-refractivity contribution in [3.05, 3.63) is 40.2 Å². The Balaban J connectivity index is 2.48. The topological polar surface area (TPSA) is 58.7 Å². The van der Waals surface area contributed by atoms with E-state index in [0.717, 1.165) is 28.8 Å². The number of fused-ring (bicyclic) bond motifs is 1. The van der Waals surface area contributed by atoms with Gasteiger partial charge in [-0.05, 0) is 31.2 Å². The molecule has 0 saturated carbocycles. The molecular formula is C13H17N2O2+. The van der Waals surface area contributed by atoms with Crippen molar-refractivity contribution in [1.29, 1.82) is 0 Å². The van der Waals surface area contributed by atoms with Crippen molar-refractivity contribution >= 4 is 10.9 Å². The Labute approximate surface area is 99.6 Å². The molecule has 0 radical (unpaired) electrons. The fourth-order valence-corrected chi connectivity index (χ4v) is 1.81. The molecule has 0 unspecified atom stereocenters. The van der Waals surface area contributed by atoms with Crippen molar-refractivity contribution in [2.45, 2.75) is 13.5 Å². The smallest absolute Gasteiger partial charge is 0.257 e. The van der Waals surface area contributed by atoms with Crippen molar-refractivity contribution in [2.24, 2.45) is 0 Å². The second-order valence-corrected chi connectivity index (χ2v) is 3.98. The van der Waals surface area contributed by atoms with E-state index in [4.69, 9.17) is 4.74 Å². The summed E-state index contributed by atoms with van der Waals surface area (Å²) in [6.45, 7) is 3.74. The van der Waals surface area contributed by atoms with Crippen LogP contribution in [0.4, 0.5) is 0 Å². The van der Waals surface area contributed by atoms with Crippen LogP contribution in [0.3, 0.4) is 0 Å². The lowest BCUT2D eigenvalue weighted by Gasteiger charge is -2.04. The summed E-state index contributed by atoms with van der Waals surface area (Å²) in [6.07, 6.45) is 0. The van der Waals surface area contributed by atoms with Gasteiger partial charge in [0.25, 0.3) is 5.56 Å². The number of rotatable bonds is 4. The maximum Gasteiger partial charge on any atom is 0.257 e. The van der Waals surface area contributed by atoms with Crippen molar-refractivity contribution in [3.63, 3.8) is 0 Å². The molecule has 0 fully saturated rings. The summed E-state index contributed by atoms with van der Waals surface area (Å²) in [4.78, 5) is 14.7. The number of methoxy groups -OCH3 is 1. The molecule has 0 aliphatic rings. The number of hydrogen-bond acceptors (Lipinski definition) is 2. The molecule has 3 N–H and O–H groups in total. The van der Waals surface area contributed by atoms with Gasteiger partial charge in [-0.25, -0.2) is 0 Å². The number of nitrogens with one attached hydrogen (secondary N) is 1. The van der Waals surface area contributed by atoms with E-state index in [0.29, 0.717) is 6.54 Å². The highest BCUT2D eigenvalue weighted by molar-refractivity contribution is 5.80. The van der Waals surface area contributed by atoms with Gasteiger partial charge in [-0.1, -0.05) is 0 Å². The number of aromatic amines is 1. The Morgan fingerprint density at radius 3 is 2.88 bits per heavy atom. The fraction of sp³-hybridized carbons (Fsp3) is 0.308. The van der Waals surface area contributed by atoms with Crippen molar-refractivity contribution in [1.82, 2.24) is 4.98 Å². The molecular weight excluding hydrogens is 216 g/mol. The first-order valence-corrected chi connectivity index (χ1v) is 5.76. The summed E-state index contributed by atoms with van der Waals surface area (Å²) >= 11 is 0. The molecule has 0 aliphatic heterocycles. The lowest BCUT2D eigenvalue weighted by atomic mass is 10.1. The van der Waals surface area contributed by atoms with Crippen molar-refractivity contribution in [2.75, 3.05) is 13.7 Å². The Kier molecular flexibility index (Phi) is 3.44. The van der Waals surface area contributed by atoms with Crippen LogP contribution < -0.4 is 15.6 Å². The summed E-state index contributed by atoms with van der Waals surface area (Å²) in [5.41, 5.74) is 1.64. The van der Waals surface area contributed by atoms with Crippen LogP contribution in [0.5, 0.6) is 5.75 Å². The maximum absolute atomic E-state index is 11.8. The molecule has 1 heterocycles. The number of ether oxygens (including phenoxy) is 1. The van der Waals surface area contributed by atoms with E-state index < -0.39 is 0 Å². The zero-order valence-corrected chi connectivity index (χ0v) is 10.1. The van der Waals surface area contributed by atoms with E-state index in [1.54, 1.807) is 7.11 Å². The number of pyridine rings is 1. The largest absolute Gasteiger partial charge is 0.497 e. The standard InChI is InChI=1S/C13H16N2O2/c1-3-14-8-10-6-9-7-11(17-2)4-5-12(9)15-13(10)16/h4-7,14H,3,8H2,1-2H3,(H,15,16)/p+1. The molecule has 4 nitrogen and oxygen atoms in total. The molecule has 0 bridgehead atoms. The lowest BCUT2D eigenvalue weighted by molar-refractivity contribution is -0.667. The average Bonchev–Trinajstić information content (AvgIpc) is 2.35. The summed E-state index contributed by atoms with van der Waals surface area (Å²) < 4.78 is 5.17. The van der Waals surface area contributed by atoms with Gasteiger partial charge in [-0.15, -0.1) is 0 Å². The van der Waals surface area contributed by atoms with Gasteiger partial charge in [0.15, 0.2) is 0 Å². The van der Waals surface area contributed by atoms with Crippen LogP contribution >= 0.6 is 0 Å². The molecule has 0 amide bonds. The number of hydrogen-bond donors (Lipinski definition) is 2. The molecule has 2 aromatic rings. The van der Waals surface area contributed by atoms with Crippen LogP contribution in [0.2, 0.25) is 0 Å². The SMILES string of the molecule is CC[NH2+]Cc1cc2cc(OC)ccc2[nH]c1=O. The first-order chi connectivity index (χ1) is 8.24. The molecule has 0 aliphatic carbocycles. The Bertz CT molecular complexity index is 575. The third-order valence-corrected chi connectivity index (χ3v) is 2.78. The predicted molar refractivity (Wildman–Crippen MR) is 67.3 cm³/mol. The molecule has 2 rings (SSSR count). The lowest BCUT2D eigenvalue weighted by Crippen LogP contribution is -2.82. The van der Waals surface area contributed by atoms with Gasteiger partial charge in [-0.3, -0.25) is 4.79 Å². The van der Waals surface area contributed by atoms with Crippen LogP contribution in [0.25, 0.3) is 10.9 Å². The van der Waals surface area contributed by atoms with Gasteiger partial charge in [-0.2, -0.15) is 0 Å². The minimum absolute atomic E-state index is 0.00707. The van der Waals surface area contributed by atoms with E-state index in [1.165, 1.54) is 0 Å². The average molecular weight is 233 g/mol. The molecule has 1 aromatic carbocycles. The van der Waals surface area contributed by atoms with E-state index in [2.05, 4.69) is 17.2 Å². The molecule has 17 heavy (non-hydrogen) atoms. The summed E-state index contributed by atoms with van der Waals surface area (Å²) in [6, 6.07) is 7.57. The Morgan fingerprint density at radius 2 is 2.18 bits per heavy atom. The number of H-pyrrole nitrogens is 1. The van der Waals surface area contributed by atoms with Gasteiger partial charge in [0.2, 0.25) is 0 Å². The van der Waals surface area contributed by atoms with Crippen LogP contribution in [0.1, 0.15) is 12.5 Å². The molecule has 0 saturated heterocycles. The summed E-state index contributed by atoms with van der Waals surface area (Å²) in [5.74, 6) is 0.801. The van der Waals surface area contributed by atoms with Crippen LogP contribution in [0.15, 0.2) is 29.1 Å². The van der Waals surface area contributed by atoms with Crippen molar-refractivity contribution in [3.8, 4) is 5.75 Å². The first-order valence-electron chi connectivity index (χ1n) is 5.76. The van der Waals surface area contributed by atoms with E-state index in [9.17, 15) is 4.79 Å². The number of quaternary nitrogens is 1. The van der Waals surface area contributed by atoms with Gasteiger partial charge in [0.1, 0.15) is 12.3 Å². The fourth-order valence-electron chi connectivity index (χ4n) is 1.81. The van der Waals surface area contributed by atoms with Crippen LogP contribution in [-0.4, -0.2) is 18.6 Å². The minimum Gasteiger partial charge on any atom is -0.497 e. The van der Waals surface area contributed by atoms with E-state index in [1.807, 2.05) is 24.3 Å². The molecule has 0 atom stereocenters. The number of aromatic nitrogens is 1. The number of nitrogens with two attached hydrogens (primary N) is 1. The highest BCUT2D eigenvalue weighted by Gasteiger charge is 2.04. The summed E-state index contributed by atoms with van der Waals surface area (Å²) in [7, 11) is 1.64. The van der Waals surface area contributed by atoms with E-state index >= 15 is 0 Å². The van der Waals surface area contributed by atoms with Crippen LogP contribution in [0, 0.1) is 0 Å². The number of benzene rings is 1. The van der Waals surface area contributed by atoms with Crippen molar-refractivity contribution < 1.29 is 10.1 Å². The Hall–Kier alpha value is -1.81. The van der Waals surface area contributed by atoms with Gasteiger partial charge in [0, 0.05) is 10.9 Å². The van der Waals surface area contributed by atoms with Gasteiger partial charge in [0.05, 0.1) is 19.2 Å². The Morgan fingerprint density at radius 1 is 1.35 bits per heavy atom. The first kappa shape index (κ1) is 11.7. The zero-order chi connectivity index (χ0) is 12.3. The predicted octanol–water partition coefficient (Wildman–Crippen LogP) is 0.620. The quantitative estimate of drug-likeness (QED) is 0.813. The second kappa shape index (κ2) is 5.01. The minimum atomic E-state index is -0.00707. The normalized spacial score (nSPS) is 10.7. The molecule has 4 heteroatoms. The van der Waals surface area contributed by atoms with Crippen LogP contribution in [-0.2, 0) is 6.54 Å². The summed E-state index contributed by atoms with van der Waals surface area (Å²) in [5, 5.41) is 3.10. The monoisotopic (exact) mass is 233 g/mol. The third kappa shape index (κ3) is 2.47.